The normalized spacial score (nSPS) is 15.2. The fraction of sp³-hybridized carbons (Fsp3) is 0.222. The Balaban J connectivity index is 1.71. The van der Waals surface area contributed by atoms with Gasteiger partial charge in [-0.15, -0.1) is 0 Å². The molecule has 36 heavy (non-hydrogen) atoms. The second-order valence-electron chi connectivity index (χ2n) is 8.93. The van der Waals surface area contributed by atoms with Gasteiger partial charge in [-0.2, -0.15) is 18.4 Å². The molecular formula is C27H23F3N4O2. The molecule has 1 aliphatic rings. The van der Waals surface area contributed by atoms with E-state index >= 15 is 0 Å². The molecule has 1 fully saturated rings. The van der Waals surface area contributed by atoms with E-state index in [4.69, 9.17) is 5.26 Å². The van der Waals surface area contributed by atoms with Crippen LogP contribution in [0.3, 0.4) is 0 Å². The predicted octanol–water partition coefficient (Wildman–Crippen LogP) is 6.09. The van der Waals surface area contributed by atoms with Crippen LogP contribution in [0.4, 0.5) is 35.0 Å². The number of anilines is 3. The summed E-state index contributed by atoms with van der Waals surface area (Å²) in [7, 11) is 1.89. The van der Waals surface area contributed by atoms with E-state index in [-0.39, 0.29) is 12.2 Å². The number of rotatable bonds is 5. The van der Waals surface area contributed by atoms with E-state index in [1.165, 1.54) is 17.0 Å². The minimum atomic E-state index is -4.82. The first kappa shape index (κ1) is 24.8. The molecule has 1 saturated heterocycles. The van der Waals surface area contributed by atoms with Gasteiger partial charge in [0.2, 0.25) is 0 Å². The monoisotopic (exact) mass is 492 g/mol. The molecule has 3 amide bonds. The molecule has 0 aliphatic carbocycles. The number of nitriles is 1. The standard InChI is InChI=1S/C27H23F3N4O2/c1-26(2)24(35)34(21-14-13-18(16-31)22(15-21)27(28,29)30)25(36)33(26)17-19-9-7-8-12-23(19)32(3)20-10-5-4-6-11-20/h4-15H,17H2,1-3H3. The molecule has 1 aliphatic heterocycles. The molecule has 3 aromatic carbocycles. The topological polar surface area (TPSA) is 67.7 Å². The summed E-state index contributed by atoms with van der Waals surface area (Å²) in [6.07, 6.45) is -4.82. The molecule has 9 heteroatoms. The Labute approximate surface area is 206 Å². The van der Waals surface area contributed by atoms with Gasteiger partial charge < -0.3 is 9.80 Å². The summed E-state index contributed by atoms with van der Waals surface area (Å²) >= 11 is 0. The quantitative estimate of drug-likeness (QED) is 0.404. The highest BCUT2D eigenvalue weighted by Gasteiger charge is 2.52. The molecule has 0 atom stereocenters. The first-order valence-corrected chi connectivity index (χ1v) is 11.1. The van der Waals surface area contributed by atoms with Crippen LogP contribution in [-0.2, 0) is 17.5 Å². The number of imide groups is 1. The van der Waals surface area contributed by atoms with Gasteiger partial charge in [-0.3, -0.25) is 4.79 Å². The summed E-state index contributed by atoms with van der Waals surface area (Å²) in [5, 5.41) is 9.07. The van der Waals surface area contributed by atoms with Crippen LogP contribution < -0.4 is 9.80 Å². The maximum absolute atomic E-state index is 13.5. The van der Waals surface area contributed by atoms with Crippen molar-refractivity contribution in [3.8, 4) is 6.07 Å². The van der Waals surface area contributed by atoms with E-state index in [0.29, 0.717) is 6.07 Å². The van der Waals surface area contributed by atoms with Crippen LogP contribution in [0, 0.1) is 11.3 Å². The summed E-state index contributed by atoms with van der Waals surface area (Å²) in [6, 6.07) is 20.6. The molecular weight excluding hydrogens is 469 g/mol. The van der Waals surface area contributed by atoms with E-state index < -0.39 is 34.8 Å². The van der Waals surface area contributed by atoms with Gasteiger partial charge in [-0.25, -0.2) is 9.69 Å². The zero-order valence-electron chi connectivity index (χ0n) is 19.9. The van der Waals surface area contributed by atoms with E-state index in [9.17, 15) is 22.8 Å². The number of para-hydroxylation sites is 2. The van der Waals surface area contributed by atoms with Crippen molar-refractivity contribution in [2.24, 2.45) is 0 Å². The number of urea groups is 1. The lowest BCUT2D eigenvalue weighted by molar-refractivity contribution is -0.137. The average Bonchev–Trinajstić information content (AvgIpc) is 3.02. The number of halogens is 3. The Morgan fingerprint density at radius 3 is 2.25 bits per heavy atom. The highest BCUT2D eigenvalue weighted by molar-refractivity contribution is 6.23. The Bertz CT molecular complexity index is 1360. The number of nitrogens with zero attached hydrogens (tertiary/aromatic N) is 4. The summed E-state index contributed by atoms with van der Waals surface area (Å²) in [4.78, 5) is 30.8. The second-order valence-corrected chi connectivity index (χ2v) is 8.93. The number of amides is 3. The van der Waals surface area contributed by atoms with Crippen molar-refractivity contribution in [2.75, 3.05) is 16.8 Å². The molecule has 184 valence electrons. The lowest BCUT2D eigenvalue weighted by atomic mass is 10.0. The van der Waals surface area contributed by atoms with Crippen molar-refractivity contribution in [2.45, 2.75) is 32.1 Å². The van der Waals surface area contributed by atoms with Crippen LogP contribution in [0.1, 0.15) is 30.5 Å². The van der Waals surface area contributed by atoms with Crippen molar-refractivity contribution in [1.29, 1.82) is 5.26 Å². The largest absolute Gasteiger partial charge is 0.417 e. The van der Waals surface area contributed by atoms with E-state index in [1.807, 2.05) is 66.5 Å². The Morgan fingerprint density at radius 1 is 0.972 bits per heavy atom. The van der Waals surface area contributed by atoms with Crippen molar-refractivity contribution in [3.05, 3.63) is 89.5 Å². The van der Waals surface area contributed by atoms with Gasteiger partial charge in [0.1, 0.15) is 5.54 Å². The lowest BCUT2D eigenvalue weighted by Gasteiger charge is -2.30. The van der Waals surface area contributed by atoms with Gasteiger partial charge >= 0.3 is 12.2 Å². The van der Waals surface area contributed by atoms with Crippen molar-refractivity contribution in [3.63, 3.8) is 0 Å². The first-order chi connectivity index (χ1) is 17.0. The van der Waals surface area contributed by atoms with Crippen LogP contribution in [0.2, 0.25) is 0 Å². The third kappa shape index (κ3) is 4.26. The smallest absolute Gasteiger partial charge is 0.344 e. The molecule has 0 radical (unpaired) electrons. The highest BCUT2D eigenvalue weighted by atomic mass is 19.4. The Hall–Kier alpha value is -4.32. The first-order valence-electron chi connectivity index (χ1n) is 11.1. The average molecular weight is 493 g/mol. The lowest BCUT2D eigenvalue weighted by Crippen LogP contribution is -2.43. The van der Waals surface area contributed by atoms with Crippen LogP contribution in [0.25, 0.3) is 0 Å². The fourth-order valence-corrected chi connectivity index (χ4v) is 4.26. The fourth-order valence-electron chi connectivity index (χ4n) is 4.26. The molecule has 0 saturated carbocycles. The third-order valence-corrected chi connectivity index (χ3v) is 6.34. The number of alkyl halides is 3. The Morgan fingerprint density at radius 2 is 1.61 bits per heavy atom. The van der Waals surface area contributed by atoms with Crippen molar-refractivity contribution in [1.82, 2.24) is 4.90 Å². The zero-order chi connectivity index (χ0) is 26.3. The minimum Gasteiger partial charge on any atom is -0.344 e. The third-order valence-electron chi connectivity index (χ3n) is 6.34. The zero-order valence-corrected chi connectivity index (χ0v) is 19.9. The molecule has 3 aromatic rings. The van der Waals surface area contributed by atoms with Gasteiger partial charge in [-0.05, 0) is 55.8 Å². The number of carbonyl (C=O) groups is 2. The maximum atomic E-state index is 13.5. The van der Waals surface area contributed by atoms with Gasteiger partial charge in [0.05, 0.1) is 29.4 Å². The SMILES string of the molecule is CN(c1ccccc1)c1ccccc1CN1C(=O)N(c2ccc(C#N)c(C(F)(F)F)c2)C(=O)C1(C)C. The second kappa shape index (κ2) is 9.04. The van der Waals surface area contributed by atoms with Gasteiger partial charge in [0.25, 0.3) is 5.91 Å². The number of hydrogen-bond acceptors (Lipinski definition) is 4. The molecule has 6 nitrogen and oxygen atoms in total. The van der Waals surface area contributed by atoms with Crippen molar-refractivity contribution >= 4 is 29.0 Å². The highest BCUT2D eigenvalue weighted by Crippen LogP contribution is 2.39. The minimum absolute atomic E-state index is 0.0594. The van der Waals surface area contributed by atoms with Gasteiger partial charge in [0.15, 0.2) is 0 Å². The molecule has 0 unspecified atom stereocenters. The molecule has 0 aromatic heterocycles. The molecule has 0 bridgehead atoms. The van der Waals surface area contributed by atoms with E-state index in [2.05, 4.69) is 0 Å². The van der Waals surface area contributed by atoms with Crippen LogP contribution in [0.5, 0.6) is 0 Å². The number of benzene rings is 3. The molecule has 0 spiro atoms. The summed E-state index contributed by atoms with van der Waals surface area (Å²) in [5.41, 5.74) is -0.837. The molecule has 1 heterocycles. The molecule has 0 N–H and O–H groups in total. The molecule has 4 rings (SSSR count). The number of hydrogen-bond donors (Lipinski definition) is 0. The van der Waals surface area contributed by atoms with Crippen molar-refractivity contribution < 1.29 is 22.8 Å². The summed E-state index contributed by atoms with van der Waals surface area (Å²) in [6.45, 7) is 3.18. The van der Waals surface area contributed by atoms with Gasteiger partial charge in [-0.1, -0.05) is 36.4 Å². The Kier molecular flexibility index (Phi) is 6.23. The summed E-state index contributed by atoms with van der Waals surface area (Å²) < 4.78 is 40.6. The van der Waals surface area contributed by atoms with Crippen LogP contribution >= 0.6 is 0 Å². The predicted molar refractivity (Wildman–Crippen MR) is 130 cm³/mol. The van der Waals surface area contributed by atoms with Gasteiger partial charge in [0, 0.05) is 18.4 Å². The van der Waals surface area contributed by atoms with E-state index in [1.54, 1.807) is 13.8 Å². The number of carbonyl (C=O) groups excluding carboxylic acids is 2. The van der Waals surface area contributed by atoms with E-state index in [0.717, 1.165) is 27.9 Å². The maximum Gasteiger partial charge on any atom is 0.417 e. The van der Waals surface area contributed by atoms with Crippen LogP contribution in [-0.4, -0.2) is 29.4 Å². The van der Waals surface area contributed by atoms with Crippen LogP contribution in [0.15, 0.2) is 72.8 Å². The summed E-state index contributed by atoms with van der Waals surface area (Å²) in [5.74, 6) is -0.653.